The summed E-state index contributed by atoms with van der Waals surface area (Å²) < 4.78 is 16.6. The maximum absolute atomic E-state index is 14.6. The minimum absolute atomic E-state index is 0.00435. The third kappa shape index (κ3) is 6.42. The van der Waals surface area contributed by atoms with Gasteiger partial charge >= 0.3 is 0 Å². The molecule has 2 aromatic heterocycles. The molecule has 9 heteroatoms. The molecule has 5 heterocycles. The third-order valence-electron chi connectivity index (χ3n) is 12.6. The van der Waals surface area contributed by atoms with Crippen LogP contribution < -0.4 is 0 Å². The quantitative estimate of drug-likeness (QED) is 0.278. The molecule has 264 valence electrons. The number of amides is 2. The number of carbonyl (C=O) groups is 2. The van der Waals surface area contributed by atoms with Crippen molar-refractivity contribution < 1.29 is 14.0 Å². The topological polar surface area (TPSA) is 64.9 Å². The normalized spacial score (nSPS) is 26.6. The van der Waals surface area contributed by atoms with Crippen LogP contribution in [0.4, 0.5) is 4.39 Å². The van der Waals surface area contributed by atoms with Gasteiger partial charge in [0.15, 0.2) is 0 Å². The summed E-state index contributed by atoms with van der Waals surface area (Å²) >= 11 is 0. The third-order valence-corrected chi connectivity index (χ3v) is 12.6. The fourth-order valence-corrected chi connectivity index (χ4v) is 9.78. The minimum atomic E-state index is -0.414. The predicted molar refractivity (Wildman–Crippen MR) is 192 cm³/mol. The Kier molecular flexibility index (Phi) is 9.37. The van der Waals surface area contributed by atoms with Crippen LogP contribution in [0.15, 0.2) is 36.8 Å². The summed E-state index contributed by atoms with van der Waals surface area (Å²) in [5.74, 6) is 2.84. The van der Waals surface area contributed by atoms with E-state index in [1.165, 1.54) is 42.3 Å². The summed E-state index contributed by atoms with van der Waals surface area (Å²) in [7, 11) is 1.77. The molecule has 2 amide bonds. The average Bonchev–Trinajstić information content (AvgIpc) is 3.81. The van der Waals surface area contributed by atoms with E-state index in [0.717, 1.165) is 62.7 Å². The minimum Gasteiger partial charge on any atom is -0.342 e. The van der Waals surface area contributed by atoms with Crippen LogP contribution in [0.5, 0.6) is 0 Å². The predicted octanol–water partition coefficient (Wildman–Crippen LogP) is 6.03. The largest absolute Gasteiger partial charge is 0.342 e. The zero-order chi connectivity index (χ0) is 34.7. The van der Waals surface area contributed by atoms with Crippen LogP contribution in [0.3, 0.4) is 0 Å². The molecule has 1 saturated carbocycles. The molecule has 4 aliphatic rings. The Morgan fingerprint density at radius 1 is 1.02 bits per heavy atom. The van der Waals surface area contributed by atoms with Gasteiger partial charge in [-0.2, -0.15) is 0 Å². The second-order valence-corrected chi connectivity index (χ2v) is 16.4. The molecule has 0 radical (unpaired) electrons. The van der Waals surface area contributed by atoms with E-state index in [0.29, 0.717) is 47.0 Å². The van der Waals surface area contributed by atoms with E-state index < -0.39 is 5.82 Å². The molecule has 4 fully saturated rings. The molecule has 3 aliphatic heterocycles. The van der Waals surface area contributed by atoms with Crippen molar-refractivity contribution in [2.75, 3.05) is 46.3 Å². The molecule has 0 bridgehead atoms. The zero-order valence-electron chi connectivity index (χ0n) is 30.5. The highest BCUT2D eigenvalue weighted by atomic mass is 19.1. The highest BCUT2D eigenvalue weighted by molar-refractivity contribution is 5.99. The van der Waals surface area contributed by atoms with Crippen LogP contribution in [-0.2, 0) is 11.2 Å². The molecule has 3 aromatic rings. The van der Waals surface area contributed by atoms with Gasteiger partial charge in [-0.3, -0.25) is 24.4 Å². The van der Waals surface area contributed by atoms with Crippen LogP contribution in [0, 0.1) is 42.3 Å². The Balaban J connectivity index is 1.05. The lowest BCUT2D eigenvalue weighted by atomic mass is 9.71. The second-order valence-electron chi connectivity index (χ2n) is 16.4. The molecular weight excluding hydrogens is 615 g/mol. The van der Waals surface area contributed by atoms with Crippen molar-refractivity contribution in [1.82, 2.24) is 29.2 Å². The first kappa shape index (κ1) is 34.2. The Morgan fingerprint density at radius 2 is 1.73 bits per heavy atom. The van der Waals surface area contributed by atoms with Gasteiger partial charge in [-0.15, -0.1) is 0 Å². The number of rotatable bonds is 9. The van der Waals surface area contributed by atoms with Crippen molar-refractivity contribution in [2.45, 2.75) is 85.4 Å². The van der Waals surface area contributed by atoms with E-state index in [9.17, 15) is 14.0 Å². The molecule has 4 atom stereocenters. The van der Waals surface area contributed by atoms with Crippen molar-refractivity contribution >= 4 is 22.7 Å². The highest BCUT2D eigenvalue weighted by Crippen LogP contribution is 2.44. The van der Waals surface area contributed by atoms with Crippen molar-refractivity contribution in [3.63, 3.8) is 0 Å². The van der Waals surface area contributed by atoms with Gasteiger partial charge in [0.25, 0.3) is 5.91 Å². The lowest BCUT2D eigenvalue weighted by Crippen LogP contribution is -2.53. The van der Waals surface area contributed by atoms with Crippen LogP contribution >= 0.6 is 0 Å². The van der Waals surface area contributed by atoms with E-state index in [4.69, 9.17) is 0 Å². The number of likely N-dealkylation sites (tertiary alicyclic amines) is 3. The number of hydrogen-bond acceptors (Lipinski definition) is 5. The van der Waals surface area contributed by atoms with Crippen LogP contribution in [0.25, 0.3) is 16.6 Å². The molecule has 2 unspecified atom stereocenters. The van der Waals surface area contributed by atoms with Gasteiger partial charge in [0.2, 0.25) is 5.91 Å². The SMILES string of the molecule is CC(=O)N1CC2CN([C@H]3C[C@@H](C(C(C)C)N4CC[C@@H](Cc5cn(-c6ccc(F)cc6C(=O)N(C)C(C)C)c6cncc(C)c56)C4)C3)C[C@H]2C1. The summed E-state index contributed by atoms with van der Waals surface area (Å²) in [4.78, 5) is 39.2. The monoisotopic (exact) mass is 670 g/mol. The van der Waals surface area contributed by atoms with E-state index >= 15 is 0 Å². The number of aromatic nitrogens is 2. The molecule has 1 aromatic carbocycles. The number of carbonyl (C=O) groups excluding carboxylic acids is 2. The Labute approximate surface area is 291 Å². The summed E-state index contributed by atoms with van der Waals surface area (Å²) in [5, 5.41) is 1.19. The van der Waals surface area contributed by atoms with Gasteiger partial charge in [0.1, 0.15) is 5.82 Å². The van der Waals surface area contributed by atoms with Crippen molar-refractivity contribution in [3.8, 4) is 5.69 Å². The maximum Gasteiger partial charge on any atom is 0.256 e. The van der Waals surface area contributed by atoms with Gasteiger partial charge < -0.3 is 14.4 Å². The van der Waals surface area contributed by atoms with Crippen molar-refractivity contribution in [2.24, 2.45) is 29.6 Å². The Bertz CT molecular complexity index is 1700. The molecule has 8 nitrogen and oxygen atoms in total. The lowest BCUT2D eigenvalue weighted by molar-refractivity contribution is -0.128. The van der Waals surface area contributed by atoms with Gasteiger partial charge in [-0.25, -0.2) is 4.39 Å². The van der Waals surface area contributed by atoms with Gasteiger partial charge in [-0.1, -0.05) is 13.8 Å². The van der Waals surface area contributed by atoms with Gasteiger partial charge in [0, 0.05) is 82.6 Å². The highest BCUT2D eigenvalue weighted by Gasteiger charge is 2.48. The molecule has 7 rings (SSSR count). The number of pyridine rings is 1. The first-order valence-corrected chi connectivity index (χ1v) is 18.6. The first-order valence-electron chi connectivity index (χ1n) is 18.6. The Hall–Kier alpha value is -3.30. The molecule has 0 spiro atoms. The van der Waals surface area contributed by atoms with Crippen LogP contribution in [0.2, 0.25) is 0 Å². The molecule has 49 heavy (non-hydrogen) atoms. The number of nitrogens with zero attached hydrogens (tertiary/aromatic N) is 6. The molecule has 3 saturated heterocycles. The van der Waals surface area contributed by atoms with Gasteiger partial charge in [-0.05, 0) is 112 Å². The van der Waals surface area contributed by atoms with E-state index in [2.05, 4.69) is 51.2 Å². The van der Waals surface area contributed by atoms with Crippen molar-refractivity contribution in [3.05, 3.63) is 59.3 Å². The van der Waals surface area contributed by atoms with Crippen LogP contribution in [0.1, 0.15) is 75.4 Å². The molecule has 1 aliphatic carbocycles. The molecule has 0 N–H and O–H groups in total. The number of halogens is 1. The fourth-order valence-electron chi connectivity index (χ4n) is 9.78. The maximum atomic E-state index is 14.6. The van der Waals surface area contributed by atoms with Crippen molar-refractivity contribution in [1.29, 1.82) is 0 Å². The Morgan fingerprint density at radius 3 is 2.39 bits per heavy atom. The average molecular weight is 671 g/mol. The molecular formula is C40H55FN6O2. The van der Waals surface area contributed by atoms with Gasteiger partial charge in [0.05, 0.1) is 23.0 Å². The number of benzene rings is 1. The second kappa shape index (κ2) is 13.4. The number of hydrogen-bond donors (Lipinski definition) is 0. The summed E-state index contributed by atoms with van der Waals surface area (Å²) in [6, 6.07) is 5.85. The van der Waals surface area contributed by atoms with Crippen LogP contribution in [-0.4, -0.2) is 105 Å². The van der Waals surface area contributed by atoms with E-state index in [1.54, 1.807) is 24.9 Å². The zero-order valence-corrected chi connectivity index (χ0v) is 30.5. The lowest BCUT2D eigenvalue weighted by Gasteiger charge is -2.49. The number of fused-ring (bicyclic) bond motifs is 2. The summed E-state index contributed by atoms with van der Waals surface area (Å²) in [5.41, 5.74) is 4.40. The summed E-state index contributed by atoms with van der Waals surface area (Å²) in [6.45, 7) is 19.0. The fraction of sp³-hybridized carbons (Fsp3) is 0.625. The standard InChI is InChI=1S/C40H55FN6O2/c1-24(2)39(29-13-34(14-29)46-21-31-19-45(27(6)48)20-32(31)22-46)44-11-10-28(18-44)12-30-23-47(37-17-42-16-26(5)38(30)37)36-9-8-33(41)15-35(36)40(49)43(7)25(3)4/h8-9,15-17,23-25,28-29,31-32,34,39H,10-14,18-22H2,1-7H3/t28-,29-,31+,32?,34+,39?/m0/s1. The first-order chi connectivity index (χ1) is 23.4. The van der Waals surface area contributed by atoms with E-state index in [1.807, 2.05) is 26.2 Å². The number of aryl methyl sites for hydroxylation is 1. The smallest absolute Gasteiger partial charge is 0.256 e. The summed E-state index contributed by atoms with van der Waals surface area (Å²) in [6.07, 6.45) is 10.7. The van der Waals surface area contributed by atoms with E-state index in [-0.39, 0.29) is 17.9 Å².